The number of hydrogen-bond acceptors (Lipinski definition) is 1. The monoisotopic (exact) mass is 438 g/mol. The molecular weight excluding hydrogens is 413 g/mol. The van der Waals surface area contributed by atoms with Crippen molar-refractivity contribution < 1.29 is 8.96 Å². The quantitative estimate of drug-likeness (QED) is 0.172. The lowest BCUT2D eigenvalue weighted by atomic mass is 9.80. The summed E-state index contributed by atoms with van der Waals surface area (Å²) in [4.78, 5) is 2.54. The van der Waals surface area contributed by atoms with Gasteiger partial charge in [0.15, 0.2) is 6.20 Å². The van der Waals surface area contributed by atoms with Gasteiger partial charge >= 0.3 is 0 Å². The highest BCUT2D eigenvalue weighted by Crippen LogP contribution is 2.54. The van der Waals surface area contributed by atoms with E-state index in [1.54, 1.807) is 12.1 Å². The van der Waals surface area contributed by atoms with Gasteiger partial charge in [0.25, 0.3) is 0 Å². The standard InChI is InChI=1S/C29H25FNS/c1-16-19-8-6-7-9-22(19)26(29(2,3)4)28-24(16)27-25-21(12-13-31(27)5)20-11-10-18(30)14-17(20)15-23(25)32-28/h6-15H,1-5H3/q+1. The summed E-state index contributed by atoms with van der Waals surface area (Å²) in [6, 6.07) is 18.3. The molecule has 0 aliphatic carbocycles. The summed E-state index contributed by atoms with van der Waals surface area (Å²) in [5.41, 5.74) is 5.29. The average molecular weight is 439 g/mol. The first-order valence-electron chi connectivity index (χ1n) is 11.0. The summed E-state index contributed by atoms with van der Waals surface area (Å²) in [6.45, 7) is 9.17. The van der Waals surface area contributed by atoms with Crippen molar-refractivity contribution in [1.82, 2.24) is 0 Å². The van der Waals surface area contributed by atoms with Crippen molar-refractivity contribution in [3.05, 3.63) is 77.7 Å². The van der Waals surface area contributed by atoms with E-state index in [4.69, 9.17) is 0 Å². The maximum atomic E-state index is 14.1. The molecule has 0 radical (unpaired) electrons. The van der Waals surface area contributed by atoms with Gasteiger partial charge in [0.05, 0.1) is 10.9 Å². The topological polar surface area (TPSA) is 3.88 Å². The Morgan fingerprint density at radius 1 is 0.875 bits per heavy atom. The lowest BCUT2D eigenvalue weighted by Crippen LogP contribution is -2.32. The summed E-state index contributed by atoms with van der Waals surface area (Å²) in [6.07, 6.45) is 2.15. The Balaban J connectivity index is 1.87. The van der Waals surface area contributed by atoms with Gasteiger partial charge in [-0.25, -0.2) is 8.96 Å². The number of hydrogen-bond donors (Lipinski definition) is 0. The zero-order valence-electron chi connectivity index (χ0n) is 19.0. The molecule has 0 amide bonds. The number of fused-ring (bicyclic) bond motifs is 5. The molecule has 0 spiro atoms. The second-order valence-electron chi connectivity index (χ2n) is 9.91. The van der Waals surface area contributed by atoms with Crippen LogP contribution >= 0.6 is 11.8 Å². The Morgan fingerprint density at radius 3 is 2.38 bits per heavy atom. The van der Waals surface area contributed by atoms with Crippen LogP contribution in [0.1, 0.15) is 31.9 Å². The van der Waals surface area contributed by atoms with E-state index in [-0.39, 0.29) is 11.2 Å². The third-order valence-corrected chi connectivity index (χ3v) is 7.94. The van der Waals surface area contributed by atoms with Crippen molar-refractivity contribution in [2.75, 3.05) is 0 Å². The van der Waals surface area contributed by atoms with E-state index < -0.39 is 0 Å². The number of pyridine rings is 1. The van der Waals surface area contributed by atoms with Crippen LogP contribution in [0.5, 0.6) is 0 Å². The predicted molar refractivity (Wildman–Crippen MR) is 133 cm³/mol. The number of aromatic nitrogens is 1. The van der Waals surface area contributed by atoms with Crippen molar-refractivity contribution in [3.8, 4) is 11.3 Å². The average Bonchev–Trinajstić information content (AvgIpc) is 2.74. The molecule has 4 aromatic carbocycles. The molecule has 1 aliphatic rings. The van der Waals surface area contributed by atoms with Gasteiger partial charge in [-0.15, -0.1) is 0 Å². The Labute approximate surface area is 191 Å². The summed E-state index contributed by atoms with van der Waals surface area (Å²) in [5.74, 6) is -0.191. The first-order valence-corrected chi connectivity index (χ1v) is 11.9. The van der Waals surface area contributed by atoms with E-state index in [2.05, 4.69) is 81.9 Å². The largest absolute Gasteiger partial charge is 0.222 e. The molecule has 0 unspecified atom stereocenters. The minimum absolute atomic E-state index is 0.0166. The molecule has 0 bridgehead atoms. The Kier molecular flexibility index (Phi) is 4.04. The van der Waals surface area contributed by atoms with E-state index >= 15 is 0 Å². The highest BCUT2D eigenvalue weighted by atomic mass is 32.2. The second-order valence-corrected chi connectivity index (χ2v) is 11.0. The molecule has 5 aromatic rings. The summed E-state index contributed by atoms with van der Waals surface area (Å²) in [7, 11) is 2.14. The smallest absolute Gasteiger partial charge is 0.207 e. The van der Waals surface area contributed by atoms with Gasteiger partial charge in [0, 0.05) is 21.2 Å². The second kappa shape index (κ2) is 6.55. The van der Waals surface area contributed by atoms with Crippen LogP contribution in [0.2, 0.25) is 0 Å². The van der Waals surface area contributed by atoms with Crippen molar-refractivity contribution >= 4 is 44.1 Å². The Hall–Kier alpha value is -2.91. The minimum Gasteiger partial charge on any atom is -0.207 e. The van der Waals surface area contributed by atoms with Gasteiger partial charge in [-0.2, -0.15) is 0 Å². The van der Waals surface area contributed by atoms with Crippen LogP contribution in [0, 0.1) is 12.7 Å². The maximum Gasteiger partial charge on any atom is 0.222 e. The van der Waals surface area contributed by atoms with E-state index in [9.17, 15) is 4.39 Å². The highest BCUT2D eigenvalue weighted by molar-refractivity contribution is 8.00. The Morgan fingerprint density at radius 2 is 1.62 bits per heavy atom. The number of benzene rings is 4. The van der Waals surface area contributed by atoms with Gasteiger partial charge in [-0.05, 0) is 63.2 Å². The fraction of sp³-hybridized carbons (Fsp3) is 0.207. The Bertz CT molecular complexity index is 1610. The summed E-state index contributed by atoms with van der Waals surface area (Å²) < 4.78 is 16.4. The third kappa shape index (κ3) is 2.61. The molecule has 0 atom stereocenters. The molecule has 6 rings (SSSR count). The zero-order chi connectivity index (χ0) is 22.4. The van der Waals surface area contributed by atoms with Crippen LogP contribution in [0.15, 0.2) is 70.6 Å². The number of nitrogens with zero attached hydrogens (tertiary/aromatic N) is 1. The van der Waals surface area contributed by atoms with Gasteiger partial charge in [-0.3, -0.25) is 0 Å². The van der Waals surface area contributed by atoms with Crippen molar-refractivity contribution in [1.29, 1.82) is 0 Å². The van der Waals surface area contributed by atoms with Gasteiger partial charge < -0.3 is 0 Å². The van der Waals surface area contributed by atoms with Crippen LogP contribution in [0.4, 0.5) is 4.39 Å². The van der Waals surface area contributed by atoms with Crippen molar-refractivity contribution in [2.24, 2.45) is 7.05 Å². The SMILES string of the molecule is Cc1c2c(c(C(C)(C)C)c3ccccc13)Sc1cc3cc(F)ccc3c3cc[n+](C)c-2c13. The number of aryl methyl sites for hydroxylation is 2. The minimum atomic E-state index is -0.191. The normalized spacial score (nSPS) is 13.2. The van der Waals surface area contributed by atoms with Crippen molar-refractivity contribution in [2.45, 2.75) is 42.9 Å². The van der Waals surface area contributed by atoms with Crippen LogP contribution in [-0.2, 0) is 12.5 Å². The lowest BCUT2D eigenvalue weighted by Gasteiger charge is -2.30. The van der Waals surface area contributed by atoms with E-state index in [0.29, 0.717) is 0 Å². The molecule has 3 heteroatoms. The van der Waals surface area contributed by atoms with Crippen molar-refractivity contribution in [3.63, 3.8) is 0 Å². The zero-order valence-corrected chi connectivity index (χ0v) is 19.8. The molecule has 2 heterocycles. The maximum absolute atomic E-state index is 14.1. The fourth-order valence-corrected chi connectivity index (χ4v) is 7.02. The lowest BCUT2D eigenvalue weighted by molar-refractivity contribution is -0.659. The molecule has 1 aromatic heterocycles. The fourth-order valence-electron chi connectivity index (χ4n) is 5.44. The third-order valence-electron chi connectivity index (χ3n) is 6.79. The van der Waals surface area contributed by atoms with Crippen LogP contribution in [0.3, 0.4) is 0 Å². The van der Waals surface area contributed by atoms with E-state index in [1.807, 2.05) is 17.8 Å². The first kappa shape index (κ1) is 19.8. The first-order chi connectivity index (χ1) is 15.3. The van der Waals surface area contributed by atoms with Crippen LogP contribution in [0.25, 0.3) is 43.6 Å². The van der Waals surface area contributed by atoms with Crippen LogP contribution in [-0.4, -0.2) is 0 Å². The van der Waals surface area contributed by atoms with Gasteiger partial charge in [0.1, 0.15) is 12.9 Å². The molecule has 158 valence electrons. The molecule has 0 fully saturated rings. The summed E-state index contributed by atoms with van der Waals surface area (Å²) in [5, 5.41) is 7.16. The van der Waals surface area contributed by atoms with E-state index in [0.717, 1.165) is 10.8 Å². The highest BCUT2D eigenvalue weighted by Gasteiger charge is 2.34. The van der Waals surface area contributed by atoms with E-state index in [1.165, 1.54) is 53.7 Å². The molecule has 1 nitrogen and oxygen atoms in total. The summed E-state index contributed by atoms with van der Waals surface area (Å²) >= 11 is 1.85. The molecule has 32 heavy (non-hydrogen) atoms. The molecule has 1 aliphatic heterocycles. The number of rotatable bonds is 0. The van der Waals surface area contributed by atoms with Gasteiger partial charge in [-0.1, -0.05) is 62.9 Å². The molecular formula is C29H25FNS+. The molecule has 0 saturated heterocycles. The number of halogens is 1. The van der Waals surface area contributed by atoms with Gasteiger partial charge in [0.2, 0.25) is 5.69 Å². The van der Waals surface area contributed by atoms with Crippen LogP contribution < -0.4 is 4.57 Å². The molecule has 0 saturated carbocycles. The molecule has 0 N–H and O–H groups in total. The predicted octanol–water partition coefficient (Wildman–Crippen LogP) is 7.85.